The zero-order valence-electron chi connectivity index (χ0n) is 16.2. The van der Waals surface area contributed by atoms with Crippen LogP contribution in [0.25, 0.3) is 22.5 Å². The summed E-state index contributed by atoms with van der Waals surface area (Å²) in [6, 6.07) is 16.3. The quantitative estimate of drug-likeness (QED) is 0.698. The molecule has 0 aliphatic carbocycles. The lowest BCUT2D eigenvalue weighted by Crippen LogP contribution is -2.39. The maximum atomic E-state index is 11.7. The third-order valence-electron chi connectivity index (χ3n) is 4.68. The van der Waals surface area contributed by atoms with Crippen molar-refractivity contribution in [2.24, 2.45) is 13.0 Å². The molecule has 0 unspecified atom stereocenters. The third kappa shape index (κ3) is 4.28. The van der Waals surface area contributed by atoms with Crippen LogP contribution in [-0.4, -0.2) is 32.0 Å². The Labute approximate surface area is 159 Å². The second kappa shape index (κ2) is 8.22. The van der Waals surface area contributed by atoms with Crippen molar-refractivity contribution in [3.05, 3.63) is 54.1 Å². The normalized spacial score (nSPS) is 12.3. The van der Waals surface area contributed by atoms with Crippen LogP contribution >= 0.6 is 0 Å². The molecule has 0 saturated carbocycles. The Morgan fingerprint density at radius 1 is 1.07 bits per heavy atom. The van der Waals surface area contributed by atoms with Gasteiger partial charge in [0.05, 0.1) is 6.04 Å². The molecule has 1 aromatic heterocycles. The standard InChI is InChI=1S/C21H25N5O/c1-14(2)20(15(3)27)22-13-16-9-11-17(12-10-16)18-7-5-6-8-19(18)21-23-24-25-26(21)4/h5-12,14,20,22H,13H2,1-4H3/t20-/m0/s1. The van der Waals surface area contributed by atoms with E-state index in [4.69, 9.17) is 0 Å². The summed E-state index contributed by atoms with van der Waals surface area (Å²) in [5, 5.41) is 15.2. The van der Waals surface area contributed by atoms with E-state index in [2.05, 4.69) is 65.0 Å². The van der Waals surface area contributed by atoms with Crippen molar-refractivity contribution in [3.8, 4) is 22.5 Å². The van der Waals surface area contributed by atoms with E-state index in [9.17, 15) is 4.79 Å². The molecule has 0 spiro atoms. The number of rotatable bonds is 7. The highest BCUT2D eigenvalue weighted by molar-refractivity contribution is 5.82. The van der Waals surface area contributed by atoms with Gasteiger partial charge in [-0.15, -0.1) is 5.10 Å². The minimum absolute atomic E-state index is 0.117. The number of hydrogen-bond acceptors (Lipinski definition) is 5. The Morgan fingerprint density at radius 2 is 1.74 bits per heavy atom. The highest BCUT2D eigenvalue weighted by atomic mass is 16.1. The maximum Gasteiger partial charge on any atom is 0.182 e. The van der Waals surface area contributed by atoms with Crippen LogP contribution in [0.15, 0.2) is 48.5 Å². The largest absolute Gasteiger partial charge is 0.303 e. The van der Waals surface area contributed by atoms with E-state index >= 15 is 0 Å². The molecule has 2 aromatic carbocycles. The number of nitrogens with zero attached hydrogens (tertiary/aromatic N) is 4. The van der Waals surface area contributed by atoms with Gasteiger partial charge in [-0.3, -0.25) is 4.79 Å². The van der Waals surface area contributed by atoms with Gasteiger partial charge in [0.25, 0.3) is 0 Å². The molecule has 3 aromatic rings. The van der Waals surface area contributed by atoms with Gasteiger partial charge in [0.1, 0.15) is 5.78 Å². The van der Waals surface area contributed by atoms with Crippen LogP contribution in [0, 0.1) is 5.92 Å². The fourth-order valence-corrected chi connectivity index (χ4v) is 3.27. The zero-order valence-corrected chi connectivity index (χ0v) is 16.2. The van der Waals surface area contributed by atoms with Gasteiger partial charge in [-0.25, -0.2) is 4.68 Å². The summed E-state index contributed by atoms with van der Waals surface area (Å²) < 4.78 is 1.67. The molecular weight excluding hydrogens is 338 g/mol. The smallest absolute Gasteiger partial charge is 0.182 e. The summed E-state index contributed by atoms with van der Waals surface area (Å²) in [6.45, 7) is 6.41. The molecule has 1 N–H and O–H groups in total. The van der Waals surface area contributed by atoms with Gasteiger partial charge in [0.15, 0.2) is 5.82 Å². The lowest BCUT2D eigenvalue weighted by Gasteiger charge is -2.19. The number of hydrogen-bond donors (Lipinski definition) is 1. The van der Waals surface area contributed by atoms with Crippen molar-refractivity contribution in [1.29, 1.82) is 0 Å². The van der Waals surface area contributed by atoms with Crippen LogP contribution in [0.3, 0.4) is 0 Å². The zero-order chi connectivity index (χ0) is 19.4. The van der Waals surface area contributed by atoms with Crippen molar-refractivity contribution in [2.45, 2.75) is 33.4 Å². The summed E-state index contributed by atoms with van der Waals surface area (Å²) in [5.41, 5.74) is 4.32. The molecule has 1 atom stereocenters. The summed E-state index contributed by atoms with van der Waals surface area (Å²) in [4.78, 5) is 11.7. The topological polar surface area (TPSA) is 72.7 Å². The first kappa shape index (κ1) is 18.9. The molecule has 0 fully saturated rings. The van der Waals surface area contributed by atoms with Crippen LogP contribution in [0.1, 0.15) is 26.3 Å². The van der Waals surface area contributed by atoms with E-state index in [0.717, 1.165) is 28.1 Å². The molecule has 6 heteroatoms. The third-order valence-corrected chi connectivity index (χ3v) is 4.68. The lowest BCUT2D eigenvalue weighted by atomic mass is 9.97. The average Bonchev–Trinajstić information content (AvgIpc) is 3.08. The summed E-state index contributed by atoms with van der Waals surface area (Å²) in [7, 11) is 1.83. The van der Waals surface area contributed by atoms with E-state index in [1.54, 1.807) is 11.6 Å². The Hall–Kier alpha value is -2.86. The number of nitrogens with one attached hydrogen (secondary N) is 1. The molecule has 140 valence electrons. The fourth-order valence-electron chi connectivity index (χ4n) is 3.27. The Kier molecular flexibility index (Phi) is 5.76. The Morgan fingerprint density at radius 3 is 2.30 bits per heavy atom. The van der Waals surface area contributed by atoms with E-state index in [1.807, 2.05) is 25.2 Å². The highest BCUT2D eigenvalue weighted by Crippen LogP contribution is 2.30. The van der Waals surface area contributed by atoms with Crippen molar-refractivity contribution in [1.82, 2.24) is 25.5 Å². The number of Topliss-reactive ketones (excluding diaryl/α,β-unsaturated/α-hetero) is 1. The van der Waals surface area contributed by atoms with Crippen molar-refractivity contribution < 1.29 is 4.79 Å². The molecule has 0 bridgehead atoms. The average molecular weight is 363 g/mol. The van der Waals surface area contributed by atoms with Gasteiger partial charge in [0, 0.05) is 19.2 Å². The monoisotopic (exact) mass is 363 g/mol. The number of tetrazole rings is 1. The SMILES string of the molecule is CC(=O)[C@@H](NCc1ccc(-c2ccccc2-c2nnnn2C)cc1)C(C)C. The van der Waals surface area contributed by atoms with Gasteiger partial charge in [-0.05, 0) is 40.0 Å². The molecule has 0 aliphatic rings. The molecule has 0 amide bonds. The van der Waals surface area contributed by atoms with Crippen LogP contribution < -0.4 is 5.32 Å². The van der Waals surface area contributed by atoms with Gasteiger partial charge >= 0.3 is 0 Å². The Balaban J connectivity index is 1.81. The van der Waals surface area contributed by atoms with Gasteiger partial charge in [0.2, 0.25) is 0 Å². The van der Waals surface area contributed by atoms with E-state index < -0.39 is 0 Å². The van der Waals surface area contributed by atoms with Crippen molar-refractivity contribution in [3.63, 3.8) is 0 Å². The first-order valence-corrected chi connectivity index (χ1v) is 9.12. The minimum atomic E-state index is -0.117. The lowest BCUT2D eigenvalue weighted by molar-refractivity contribution is -0.120. The van der Waals surface area contributed by atoms with Crippen LogP contribution in [-0.2, 0) is 18.4 Å². The second-order valence-electron chi connectivity index (χ2n) is 7.08. The number of aryl methyl sites for hydroxylation is 1. The van der Waals surface area contributed by atoms with Gasteiger partial charge in [-0.2, -0.15) is 0 Å². The summed E-state index contributed by atoms with van der Waals surface area (Å²) >= 11 is 0. The number of benzene rings is 2. The first-order valence-electron chi connectivity index (χ1n) is 9.12. The summed E-state index contributed by atoms with van der Waals surface area (Å²) in [5.74, 6) is 1.18. The van der Waals surface area contributed by atoms with Crippen LogP contribution in [0.5, 0.6) is 0 Å². The molecule has 0 radical (unpaired) electrons. The second-order valence-corrected chi connectivity index (χ2v) is 7.08. The molecular formula is C21H25N5O. The van der Waals surface area contributed by atoms with E-state index in [0.29, 0.717) is 6.54 Å². The number of carbonyl (C=O) groups excluding carboxylic acids is 1. The van der Waals surface area contributed by atoms with Crippen LogP contribution in [0.2, 0.25) is 0 Å². The molecule has 0 aliphatic heterocycles. The van der Waals surface area contributed by atoms with E-state index in [-0.39, 0.29) is 17.7 Å². The maximum absolute atomic E-state index is 11.7. The van der Waals surface area contributed by atoms with Crippen LogP contribution in [0.4, 0.5) is 0 Å². The predicted molar refractivity (Wildman–Crippen MR) is 106 cm³/mol. The van der Waals surface area contributed by atoms with Gasteiger partial charge < -0.3 is 5.32 Å². The number of aromatic nitrogens is 4. The highest BCUT2D eigenvalue weighted by Gasteiger charge is 2.17. The number of ketones is 1. The fraction of sp³-hybridized carbons (Fsp3) is 0.333. The van der Waals surface area contributed by atoms with Gasteiger partial charge in [-0.1, -0.05) is 62.4 Å². The molecule has 0 saturated heterocycles. The Bertz CT molecular complexity index is 914. The molecule has 3 rings (SSSR count). The van der Waals surface area contributed by atoms with E-state index in [1.165, 1.54) is 0 Å². The molecule has 27 heavy (non-hydrogen) atoms. The van der Waals surface area contributed by atoms with Crippen molar-refractivity contribution in [2.75, 3.05) is 0 Å². The minimum Gasteiger partial charge on any atom is -0.303 e. The molecule has 1 heterocycles. The number of carbonyl (C=O) groups is 1. The van der Waals surface area contributed by atoms with Crippen molar-refractivity contribution >= 4 is 5.78 Å². The predicted octanol–water partition coefficient (Wildman–Crippen LogP) is 3.25. The first-order chi connectivity index (χ1) is 13.0. The summed E-state index contributed by atoms with van der Waals surface area (Å²) in [6.07, 6.45) is 0. The molecule has 6 nitrogen and oxygen atoms in total.